The third kappa shape index (κ3) is 2.71. The predicted molar refractivity (Wildman–Crippen MR) is 64.4 cm³/mol. The number of benzene rings is 1. The number of methoxy groups -OCH3 is 1. The van der Waals surface area contributed by atoms with Gasteiger partial charge in [0, 0.05) is 5.56 Å². The monoisotopic (exact) mass is 246 g/mol. The Morgan fingerprint density at radius 3 is 2.78 bits per heavy atom. The lowest BCUT2D eigenvalue weighted by molar-refractivity contribution is -0.145. The van der Waals surface area contributed by atoms with Crippen molar-refractivity contribution in [2.75, 3.05) is 7.11 Å². The quantitative estimate of drug-likeness (QED) is 0.757. The van der Waals surface area contributed by atoms with Crippen LogP contribution in [-0.4, -0.2) is 33.3 Å². The van der Waals surface area contributed by atoms with Gasteiger partial charge in [0.1, 0.15) is 0 Å². The molecule has 94 valence electrons. The van der Waals surface area contributed by atoms with Crippen LogP contribution in [0.15, 0.2) is 30.3 Å². The number of aromatic nitrogens is 4. The number of nitrogens with zero attached hydrogens (tertiary/aromatic N) is 4. The van der Waals surface area contributed by atoms with E-state index in [0.29, 0.717) is 12.4 Å². The number of ether oxygens (including phenoxy) is 1. The average molecular weight is 246 g/mol. The second kappa shape index (κ2) is 5.39. The molecule has 0 bridgehead atoms. The van der Waals surface area contributed by atoms with Gasteiger partial charge in [0.2, 0.25) is 5.82 Å². The molecule has 0 aliphatic heterocycles. The summed E-state index contributed by atoms with van der Waals surface area (Å²) in [7, 11) is 1.36. The molecule has 0 spiro atoms. The van der Waals surface area contributed by atoms with Crippen molar-refractivity contribution in [2.24, 2.45) is 5.92 Å². The van der Waals surface area contributed by atoms with E-state index in [2.05, 4.69) is 20.1 Å². The molecule has 0 amide bonds. The minimum absolute atomic E-state index is 0.284. The SMILES string of the molecule is COC(=O)C(C)Cn1nnc(-c2ccccc2)n1. The number of rotatable bonds is 4. The molecule has 18 heavy (non-hydrogen) atoms. The second-order valence-corrected chi connectivity index (χ2v) is 3.96. The van der Waals surface area contributed by atoms with Crippen LogP contribution in [0.4, 0.5) is 0 Å². The highest BCUT2D eigenvalue weighted by atomic mass is 16.5. The molecular weight excluding hydrogens is 232 g/mol. The van der Waals surface area contributed by atoms with Crippen LogP contribution in [0.3, 0.4) is 0 Å². The number of tetrazole rings is 1. The molecule has 1 heterocycles. The van der Waals surface area contributed by atoms with Crippen LogP contribution < -0.4 is 0 Å². The average Bonchev–Trinajstić information content (AvgIpc) is 2.87. The summed E-state index contributed by atoms with van der Waals surface area (Å²) in [4.78, 5) is 12.7. The van der Waals surface area contributed by atoms with E-state index in [4.69, 9.17) is 0 Å². The Hall–Kier alpha value is -2.24. The number of carbonyl (C=O) groups is 1. The fraction of sp³-hybridized carbons (Fsp3) is 0.333. The zero-order valence-electron chi connectivity index (χ0n) is 10.3. The van der Waals surface area contributed by atoms with Crippen LogP contribution in [0.1, 0.15) is 6.92 Å². The zero-order chi connectivity index (χ0) is 13.0. The molecule has 0 radical (unpaired) electrons. The lowest BCUT2D eigenvalue weighted by Crippen LogP contribution is -2.20. The standard InChI is InChI=1S/C12H14N4O2/c1-9(12(17)18-2)8-16-14-11(13-15-16)10-6-4-3-5-7-10/h3-7,9H,8H2,1-2H3. The van der Waals surface area contributed by atoms with E-state index >= 15 is 0 Å². The number of hydrogen-bond acceptors (Lipinski definition) is 5. The predicted octanol–water partition coefficient (Wildman–Crippen LogP) is 1.15. The van der Waals surface area contributed by atoms with Crippen molar-refractivity contribution in [3.05, 3.63) is 30.3 Å². The fourth-order valence-electron chi connectivity index (χ4n) is 1.54. The number of esters is 1. The van der Waals surface area contributed by atoms with E-state index in [1.54, 1.807) is 6.92 Å². The van der Waals surface area contributed by atoms with Crippen LogP contribution in [0.25, 0.3) is 11.4 Å². The van der Waals surface area contributed by atoms with Crippen molar-refractivity contribution in [1.82, 2.24) is 20.2 Å². The van der Waals surface area contributed by atoms with E-state index in [1.807, 2.05) is 30.3 Å². The Morgan fingerprint density at radius 1 is 1.39 bits per heavy atom. The first-order chi connectivity index (χ1) is 8.70. The van der Waals surface area contributed by atoms with Crippen LogP contribution in [0.5, 0.6) is 0 Å². The van der Waals surface area contributed by atoms with E-state index in [0.717, 1.165) is 5.56 Å². The van der Waals surface area contributed by atoms with Gasteiger partial charge in [0.25, 0.3) is 0 Å². The molecule has 6 nitrogen and oxygen atoms in total. The van der Waals surface area contributed by atoms with Crippen LogP contribution in [0.2, 0.25) is 0 Å². The zero-order valence-corrected chi connectivity index (χ0v) is 10.3. The van der Waals surface area contributed by atoms with Gasteiger partial charge in [0.05, 0.1) is 19.6 Å². The van der Waals surface area contributed by atoms with Crippen molar-refractivity contribution in [3.8, 4) is 11.4 Å². The fourth-order valence-corrected chi connectivity index (χ4v) is 1.54. The normalized spacial score (nSPS) is 12.1. The van der Waals surface area contributed by atoms with E-state index in [1.165, 1.54) is 11.9 Å². The molecule has 2 rings (SSSR count). The summed E-state index contributed by atoms with van der Waals surface area (Å²) in [5, 5.41) is 12.1. The first kappa shape index (κ1) is 12.2. The van der Waals surface area contributed by atoms with E-state index in [-0.39, 0.29) is 11.9 Å². The van der Waals surface area contributed by atoms with Gasteiger partial charge in [-0.05, 0) is 5.21 Å². The minimum Gasteiger partial charge on any atom is -0.469 e. The Bertz CT molecular complexity index is 524. The summed E-state index contributed by atoms with van der Waals surface area (Å²) in [6.45, 7) is 2.11. The molecule has 0 N–H and O–H groups in total. The highest BCUT2D eigenvalue weighted by Gasteiger charge is 2.15. The lowest BCUT2D eigenvalue weighted by Gasteiger charge is -2.06. The Balaban J connectivity index is 2.09. The minimum atomic E-state index is -0.298. The molecule has 0 saturated carbocycles. The second-order valence-electron chi connectivity index (χ2n) is 3.96. The molecule has 0 aliphatic carbocycles. The summed E-state index contributed by atoms with van der Waals surface area (Å²) in [6.07, 6.45) is 0. The van der Waals surface area contributed by atoms with Crippen molar-refractivity contribution in [2.45, 2.75) is 13.5 Å². The van der Waals surface area contributed by atoms with Crippen LogP contribution in [0, 0.1) is 5.92 Å². The lowest BCUT2D eigenvalue weighted by atomic mass is 10.2. The topological polar surface area (TPSA) is 69.9 Å². The number of hydrogen-bond donors (Lipinski definition) is 0. The summed E-state index contributed by atoms with van der Waals surface area (Å²) >= 11 is 0. The molecule has 0 saturated heterocycles. The van der Waals surface area contributed by atoms with E-state index in [9.17, 15) is 4.79 Å². The maximum atomic E-state index is 11.3. The van der Waals surface area contributed by atoms with Crippen molar-refractivity contribution in [3.63, 3.8) is 0 Å². The van der Waals surface area contributed by atoms with E-state index < -0.39 is 0 Å². The molecular formula is C12H14N4O2. The third-order valence-corrected chi connectivity index (χ3v) is 2.53. The maximum absolute atomic E-state index is 11.3. The summed E-state index contributed by atoms with van der Waals surface area (Å²) in [5.74, 6) is -0.0333. The van der Waals surface area contributed by atoms with Crippen molar-refractivity contribution >= 4 is 5.97 Å². The molecule has 1 atom stereocenters. The summed E-state index contributed by atoms with van der Waals surface area (Å²) < 4.78 is 4.65. The van der Waals surface area contributed by atoms with Crippen LogP contribution >= 0.6 is 0 Å². The smallest absolute Gasteiger partial charge is 0.310 e. The highest BCUT2D eigenvalue weighted by Crippen LogP contribution is 2.12. The van der Waals surface area contributed by atoms with Crippen molar-refractivity contribution < 1.29 is 9.53 Å². The van der Waals surface area contributed by atoms with Gasteiger partial charge in [-0.1, -0.05) is 37.3 Å². The van der Waals surface area contributed by atoms with Gasteiger partial charge in [-0.3, -0.25) is 4.79 Å². The first-order valence-electron chi connectivity index (χ1n) is 5.61. The molecule has 0 fully saturated rings. The summed E-state index contributed by atoms with van der Waals surface area (Å²) in [5.41, 5.74) is 0.898. The maximum Gasteiger partial charge on any atom is 0.310 e. The molecule has 1 aromatic carbocycles. The molecule has 2 aromatic rings. The Kier molecular flexibility index (Phi) is 3.66. The van der Waals surface area contributed by atoms with Crippen molar-refractivity contribution in [1.29, 1.82) is 0 Å². The molecule has 1 unspecified atom stereocenters. The van der Waals surface area contributed by atoms with Crippen LogP contribution in [-0.2, 0) is 16.1 Å². The van der Waals surface area contributed by atoms with Gasteiger partial charge in [-0.25, -0.2) is 0 Å². The van der Waals surface area contributed by atoms with Gasteiger partial charge < -0.3 is 4.74 Å². The van der Waals surface area contributed by atoms with Gasteiger partial charge in [0.15, 0.2) is 0 Å². The largest absolute Gasteiger partial charge is 0.469 e. The Morgan fingerprint density at radius 2 is 2.11 bits per heavy atom. The molecule has 0 aliphatic rings. The Labute approximate surface area is 105 Å². The first-order valence-corrected chi connectivity index (χ1v) is 5.61. The van der Waals surface area contributed by atoms with Gasteiger partial charge in [-0.2, -0.15) is 4.80 Å². The van der Waals surface area contributed by atoms with Gasteiger partial charge >= 0.3 is 5.97 Å². The summed E-state index contributed by atoms with van der Waals surface area (Å²) in [6, 6.07) is 9.56. The molecule has 1 aromatic heterocycles. The number of carbonyl (C=O) groups excluding carboxylic acids is 1. The van der Waals surface area contributed by atoms with Gasteiger partial charge in [-0.15, -0.1) is 10.2 Å². The molecule has 6 heteroatoms. The highest BCUT2D eigenvalue weighted by molar-refractivity contribution is 5.71. The third-order valence-electron chi connectivity index (χ3n) is 2.53.